The second-order valence-corrected chi connectivity index (χ2v) is 6.62. The van der Waals surface area contributed by atoms with Crippen molar-refractivity contribution in [1.82, 2.24) is 24.6 Å². The topological polar surface area (TPSA) is 65.3 Å². The highest BCUT2D eigenvalue weighted by atomic mass is 16.5. The van der Waals surface area contributed by atoms with Crippen LogP contribution in [0.3, 0.4) is 0 Å². The van der Waals surface area contributed by atoms with Crippen molar-refractivity contribution in [3.8, 4) is 11.5 Å². The summed E-state index contributed by atoms with van der Waals surface area (Å²) in [5, 5.41) is 4.50. The molecule has 0 radical (unpaired) electrons. The summed E-state index contributed by atoms with van der Waals surface area (Å²) in [7, 11) is 3.32. The maximum atomic E-state index is 5.51. The van der Waals surface area contributed by atoms with Crippen LogP contribution in [0.5, 0.6) is 11.5 Å². The third-order valence-corrected chi connectivity index (χ3v) is 4.74. The summed E-state index contributed by atoms with van der Waals surface area (Å²) in [6.45, 7) is 7.76. The number of nitrogens with zero attached hydrogens (tertiary/aromatic N) is 5. The summed E-state index contributed by atoms with van der Waals surface area (Å²) in [4.78, 5) is 11.3. The summed E-state index contributed by atoms with van der Waals surface area (Å²) in [6.07, 6.45) is 4.18. The van der Waals surface area contributed by atoms with Crippen LogP contribution in [0.4, 0.5) is 0 Å². The van der Waals surface area contributed by atoms with Crippen LogP contribution in [0.1, 0.15) is 30.2 Å². The second kappa shape index (κ2) is 7.82. The number of hydrogen-bond acceptors (Lipinski definition) is 6. The van der Waals surface area contributed by atoms with Gasteiger partial charge in [0, 0.05) is 31.9 Å². The lowest BCUT2D eigenvalue weighted by Gasteiger charge is -2.32. The summed E-state index contributed by atoms with van der Waals surface area (Å²) in [5.74, 6) is 3.87. The van der Waals surface area contributed by atoms with Gasteiger partial charge in [-0.25, -0.2) is 9.67 Å². The van der Waals surface area contributed by atoms with Gasteiger partial charge in [-0.3, -0.25) is 9.88 Å². The van der Waals surface area contributed by atoms with Crippen LogP contribution in [0.15, 0.2) is 12.3 Å². The molecule has 136 valence electrons. The van der Waals surface area contributed by atoms with Gasteiger partial charge < -0.3 is 9.47 Å². The Morgan fingerprint density at radius 3 is 2.76 bits per heavy atom. The van der Waals surface area contributed by atoms with Crippen LogP contribution in [-0.4, -0.2) is 52.0 Å². The lowest BCUT2D eigenvalue weighted by Crippen LogP contribution is -2.37. The molecule has 7 nitrogen and oxygen atoms in total. The summed E-state index contributed by atoms with van der Waals surface area (Å²) in [5.41, 5.74) is 0.926. The molecule has 2 aromatic heterocycles. The Bertz CT molecular complexity index is 715. The van der Waals surface area contributed by atoms with Crippen molar-refractivity contribution in [1.29, 1.82) is 0 Å². The van der Waals surface area contributed by atoms with E-state index in [-0.39, 0.29) is 0 Å². The number of pyridine rings is 1. The average molecular weight is 345 g/mol. The Labute approximate surface area is 149 Å². The first kappa shape index (κ1) is 17.7. The molecule has 0 aromatic carbocycles. The lowest BCUT2D eigenvalue weighted by atomic mass is 9.98. The maximum absolute atomic E-state index is 5.51. The molecule has 1 atom stereocenters. The van der Waals surface area contributed by atoms with Crippen molar-refractivity contribution in [2.45, 2.75) is 39.8 Å². The minimum Gasteiger partial charge on any atom is -0.493 e. The van der Waals surface area contributed by atoms with Crippen LogP contribution >= 0.6 is 0 Å². The van der Waals surface area contributed by atoms with Gasteiger partial charge in [-0.2, -0.15) is 5.10 Å². The zero-order valence-electron chi connectivity index (χ0n) is 15.5. The normalized spacial score (nSPS) is 18.3. The number of aromatic nitrogens is 4. The van der Waals surface area contributed by atoms with Gasteiger partial charge >= 0.3 is 0 Å². The predicted molar refractivity (Wildman–Crippen MR) is 94.8 cm³/mol. The quantitative estimate of drug-likeness (QED) is 0.800. The minimum atomic E-state index is 0.574. The van der Waals surface area contributed by atoms with Crippen LogP contribution < -0.4 is 9.47 Å². The van der Waals surface area contributed by atoms with Gasteiger partial charge in [0.15, 0.2) is 11.5 Å². The van der Waals surface area contributed by atoms with E-state index in [1.54, 1.807) is 20.4 Å². The average Bonchev–Trinajstić information content (AvgIpc) is 2.92. The van der Waals surface area contributed by atoms with Gasteiger partial charge in [0.25, 0.3) is 0 Å². The van der Waals surface area contributed by atoms with Crippen molar-refractivity contribution in [3.63, 3.8) is 0 Å². The molecule has 25 heavy (non-hydrogen) atoms. The molecule has 0 N–H and O–H groups in total. The standard InChI is InChI=1S/C18H27N5O2/c1-13-20-14(2)23(21-13)11-15-6-5-9-22(10-15)12-16-18(25-4)17(24-3)7-8-19-16/h7-8,15H,5-6,9-12H2,1-4H3. The fourth-order valence-corrected chi connectivity index (χ4v) is 3.60. The molecule has 1 unspecified atom stereocenters. The Morgan fingerprint density at radius 1 is 1.24 bits per heavy atom. The number of ether oxygens (including phenoxy) is 2. The zero-order valence-corrected chi connectivity index (χ0v) is 15.5. The number of rotatable bonds is 6. The van der Waals surface area contributed by atoms with Crippen molar-refractivity contribution in [3.05, 3.63) is 29.6 Å². The molecule has 0 amide bonds. The smallest absolute Gasteiger partial charge is 0.183 e. The van der Waals surface area contributed by atoms with Gasteiger partial charge in [-0.05, 0) is 39.2 Å². The summed E-state index contributed by atoms with van der Waals surface area (Å²) >= 11 is 0. The molecular formula is C18H27N5O2. The van der Waals surface area contributed by atoms with Gasteiger partial charge in [0.05, 0.1) is 14.2 Å². The molecule has 2 aromatic rings. The summed E-state index contributed by atoms with van der Waals surface area (Å²) < 4.78 is 12.9. The van der Waals surface area contributed by atoms with E-state index in [2.05, 4.69) is 20.0 Å². The molecule has 3 heterocycles. The number of likely N-dealkylation sites (tertiary alicyclic amines) is 1. The maximum Gasteiger partial charge on any atom is 0.183 e. The fourth-order valence-electron chi connectivity index (χ4n) is 3.60. The van der Waals surface area contributed by atoms with E-state index in [9.17, 15) is 0 Å². The van der Waals surface area contributed by atoms with E-state index < -0.39 is 0 Å². The van der Waals surface area contributed by atoms with Crippen molar-refractivity contribution >= 4 is 0 Å². The van der Waals surface area contributed by atoms with Gasteiger partial charge in [0.1, 0.15) is 17.3 Å². The van der Waals surface area contributed by atoms with E-state index in [1.165, 1.54) is 12.8 Å². The largest absolute Gasteiger partial charge is 0.493 e. The van der Waals surface area contributed by atoms with Crippen LogP contribution in [0.2, 0.25) is 0 Å². The van der Waals surface area contributed by atoms with Crippen molar-refractivity contribution in [2.75, 3.05) is 27.3 Å². The van der Waals surface area contributed by atoms with Gasteiger partial charge in [-0.1, -0.05) is 0 Å². The molecule has 1 aliphatic heterocycles. The van der Waals surface area contributed by atoms with Crippen molar-refractivity contribution < 1.29 is 9.47 Å². The number of methoxy groups -OCH3 is 2. The van der Waals surface area contributed by atoms with E-state index in [1.807, 2.05) is 24.6 Å². The SMILES string of the molecule is COc1ccnc(CN2CCCC(Cn3nc(C)nc3C)C2)c1OC. The first-order valence-electron chi connectivity index (χ1n) is 8.77. The van der Waals surface area contributed by atoms with Crippen LogP contribution in [-0.2, 0) is 13.1 Å². The zero-order chi connectivity index (χ0) is 17.8. The van der Waals surface area contributed by atoms with E-state index in [4.69, 9.17) is 9.47 Å². The first-order valence-corrected chi connectivity index (χ1v) is 8.77. The minimum absolute atomic E-state index is 0.574. The van der Waals surface area contributed by atoms with Crippen molar-refractivity contribution in [2.24, 2.45) is 5.92 Å². The number of hydrogen-bond donors (Lipinski definition) is 0. The Hall–Kier alpha value is -2.15. The Kier molecular flexibility index (Phi) is 5.53. The Balaban J connectivity index is 1.67. The highest BCUT2D eigenvalue weighted by Crippen LogP contribution is 2.30. The molecule has 0 spiro atoms. The van der Waals surface area contributed by atoms with E-state index in [0.717, 1.165) is 55.0 Å². The third-order valence-electron chi connectivity index (χ3n) is 4.74. The molecule has 0 bridgehead atoms. The highest BCUT2D eigenvalue weighted by Gasteiger charge is 2.23. The van der Waals surface area contributed by atoms with Crippen LogP contribution in [0, 0.1) is 19.8 Å². The lowest BCUT2D eigenvalue weighted by molar-refractivity contribution is 0.149. The molecule has 7 heteroatoms. The molecular weight excluding hydrogens is 318 g/mol. The summed E-state index contributed by atoms with van der Waals surface area (Å²) in [6, 6.07) is 1.83. The van der Waals surface area contributed by atoms with E-state index in [0.29, 0.717) is 5.92 Å². The molecule has 1 fully saturated rings. The predicted octanol–water partition coefficient (Wildman–Crippen LogP) is 2.22. The van der Waals surface area contributed by atoms with Gasteiger partial charge in [0.2, 0.25) is 0 Å². The second-order valence-electron chi connectivity index (χ2n) is 6.62. The molecule has 0 saturated carbocycles. The monoisotopic (exact) mass is 345 g/mol. The highest BCUT2D eigenvalue weighted by molar-refractivity contribution is 5.42. The van der Waals surface area contributed by atoms with Crippen LogP contribution in [0.25, 0.3) is 0 Å². The molecule has 1 saturated heterocycles. The first-order chi connectivity index (χ1) is 12.1. The molecule has 3 rings (SSSR count). The fraction of sp³-hybridized carbons (Fsp3) is 0.611. The third kappa shape index (κ3) is 4.10. The van der Waals surface area contributed by atoms with E-state index >= 15 is 0 Å². The Morgan fingerprint density at radius 2 is 2.08 bits per heavy atom. The number of piperidine rings is 1. The number of aryl methyl sites for hydroxylation is 2. The molecule has 1 aliphatic rings. The van der Waals surface area contributed by atoms with Gasteiger partial charge in [-0.15, -0.1) is 0 Å². The molecule has 0 aliphatic carbocycles.